The molecule has 1 N–H and O–H groups in total. The molecule has 0 amide bonds. The summed E-state index contributed by atoms with van der Waals surface area (Å²) in [7, 11) is -3.30. The Kier molecular flexibility index (Phi) is 5.18. The molecule has 0 saturated carbocycles. The molecule has 0 aliphatic carbocycles. The number of hydrogen-bond donors (Lipinski definition) is 1. The van der Waals surface area contributed by atoms with Crippen LogP contribution in [0, 0.1) is 0 Å². The molecule has 0 bridgehead atoms. The van der Waals surface area contributed by atoms with Gasteiger partial charge in [-0.05, 0) is 31.9 Å². The number of rotatable bonds is 6. The summed E-state index contributed by atoms with van der Waals surface area (Å²) in [4.78, 5) is 1.09. The van der Waals surface area contributed by atoms with Crippen LogP contribution in [0.25, 0.3) is 0 Å². The average Bonchev–Trinajstić information content (AvgIpc) is 2.73. The van der Waals surface area contributed by atoms with Gasteiger partial charge in [0.05, 0.1) is 0 Å². The highest BCUT2D eigenvalue weighted by Gasteiger charge is 2.15. The van der Waals surface area contributed by atoms with E-state index in [-0.39, 0.29) is 0 Å². The van der Waals surface area contributed by atoms with Crippen molar-refractivity contribution >= 4 is 21.4 Å². The van der Waals surface area contributed by atoms with Crippen molar-refractivity contribution in [2.75, 3.05) is 6.54 Å². The highest BCUT2D eigenvalue weighted by atomic mass is 32.2. The Morgan fingerprint density at radius 2 is 2.19 bits per heavy atom. The van der Waals surface area contributed by atoms with Crippen LogP contribution in [0.2, 0.25) is 0 Å². The lowest BCUT2D eigenvalue weighted by Crippen LogP contribution is -2.23. The van der Waals surface area contributed by atoms with E-state index in [2.05, 4.69) is 4.72 Å². The van der Waals surface area contributed by atoms with E-state index in [4.69, 9.17) is 0 Å². The summed E-state index contributed by atoms with van der Waals surface area (Å²) in [5.74, 6) is 0. The van der Waals surface area contributed by atoms with Gasteiger partial charge in [0.2, 0.25) is 10.0 Å². The normalized spacial score (nSPS) is 12.4. The summed E-state index contributed by atoms with van der Waals surface area (Å²) < 4.78 is 26.6. The molecule has 0 unspecified atom stereocenters. The van der Waals surface area contributed by atoms with E-state index in [1.807, 2.05) is 32.1 Å². The molecule has 0 radical (unpaired) electrons. The fraction of sp³-hybridized carbons (Fsp3) is 0.455. The second-order valence-electron chi connectivity index (χ2n) is 3.33. The number of aryl methyl sites for hydroxylation is 1. The molecular formula is C11H17NO2S2. The maximum Gasteiger partial charge on any atom is 0.250 e. The third-order valence-electron chi connectivity index (χ3n) is 2.09. The van der Waals surface area contributed by atoms with E-state index >= 15 is 0 Å². The van der Waals surface area contributed by atoms with Gasteiger partial charge in [-0.15, -0.1) is 11.3 Å². The quantitative estimate of drug-likeness (QED) is 0.630. The molecule has 1 aromatic heterocycles. The summed E-state index contributed by atoms with van der Waals surface area (Å²) in [6.45, 7) is 4.38. The molecule has 1 heterocycles. The molecular weight excluding hydrogens is 242 g/mol. The fourth-order valence-electron chi connectivity index (χ4n) is 1.21. The lowest BCUT2D eigenvalue weighted by molar-refractivity contribution is 0.584. The molecule has 0 spiro atoms. The second-order valence-corrected chi connectivity index (χ2v) is 6.49. The summed E-state index contributed by atoms with van der Waals surface area (Å²) in [6, 6.07) is 3.53. The Morgan fingerprint density at radius 1 is 1.44 bits per heavy atom. The van der Waals surface area contributed by atoms with Crippen LogP contribution < -0.4 is 4.72 Å². The zero-order chi connectivity index (χ0) is 12.0. The summed E-state index contributed by atoms with van der Waals surface area (Å²) in [5.41, 5.74) is 0. The van der Waals surface area contributed by atoms with Crippen molar-refractivity contribution in [1.29, 1.82) is 0 Å². The molecule has 90 valence electrons. The third kappa shape index (κ3) is 3.73. The van der Waals surface area contributed by atoms with Gasteiger partial charge in [-0.2, -0.15) is 0 Å². The SMILES string of the molecule is C/C=C/CCNS(=O)(=O)c1ccc(CC)s1. The smallest absolute Gasteiger partial charge is 0.210 e. The predicted molar refractivity (Wildman–Crippen MR) is 68.3 cm³/mol. The summed E-state index contributed by atoms with van der Waals surface area (Å²) >= 11 is 1.34. The molecule has 1 aromatic rings. The Morgan fingerprint density at radius 3 is 2.75 bits per heavy atom. The number of thiophene rings is 1. The van der Waals surface area contributed by atoms with Crippen molar-refractivity contribution in [1.82, 2.24) is 4.72 Å². The Hall–Kier alpha value is -0.650. The van der Waals surface area contributed by atoms with Crippen molar-refractivity contribution in [3.63, 3.8) is 0 Å². The van der Waals surface area contributed by atoms with Gasteiger partial charge in [0.25, 0.3) is 0 Å². The maximum atomic E-state index is 11.8. The van der Waals surface area contributed by atoms with E-state index in [9.17, 15) is 8.42 Å². The van der Waals surface area contributed by atoms with Crippen LogP contribution >= 0.6 is 11.3 Å². The zero-order valence-corrected chi connectivity index (χ0v) is 11.2. The second kappa shape index (κ2) is 6.18. The van der Waals surface area contributed by atoms with Gasteiger partial charge in [-0.25, -0.2) is 13.1 Å². The molecule has 0 aromatic carbocycles. The van der Waals surface area contributed by atoms with Crippen LogP contribution in [0.4, 0.5) is 0 Å². The van der Waals surface area contributed by atoms with Crippen LogP contribution in [0.5, 0.6) is 0 Å². The van der Waals surface area contributed by atoms with E-state index in [0.29, 0.717) is 10.8 Å². The number of allylic oxidation sites excluding steroid dienone is 1. The van der Waals surface area contributed by atoms with Gasteiger partial charge >= 0.3 is 0 Å². The minimum atomic E-state index is -3.30. The number of sulfonamides is 1. The van der Waals surface area contributed by atoms with Crippen LogP contribution in [0.3, 0.4) is 0 Å². The molecule has 3 nitrogen and oxygen atoms in total. The summed E-state index contributed by atoms with van der Waals surface area (Å²) in [5, 5.41) is 0. The topological polar surface area (TPSA) is 46.2 Å². The van der Waals surface area contributed by atoms with Gasteiger partial charge in [0.15, 0.2) is 0 Å². The average molecular weight is 259 g/mol. The molecule has 0 fully saturated rings. The molecule has 1 rings (SSSR count). The minimum Gasteiger partial charge on any atom is -0.210 e. The van der Waals surface area contributed by atoms with Gasteiger partial charge in [-0.1, -0.05) is 19.1 Å². The lowest BCUT2D eigenvalue weighted by Gasteiger charge is -2.02. The van der Waals surface area contributed by atoms with Crippen molar-refractivity contribution in [2.24, 2.45) is 0 Å². The Balaban J connectivity index is 2.63. The molecule has 0 atom stereocenters. The first kappa shape index (κ1) is 13.4. The fourth-order valence-corrected chi connectivity index (χ4v) is 3.59. The summed E-state index contributed by atoms with van der Waals surface area (Å²) in [6.07, 6.45) is 5.45. The minimum absolute atomic E-state index is 0.407. The first-order valence-corrected chi connectivity index (χ1v) is 7.59. The first-order chi connectivity index (χ1) is 7.60. The highest BCUT2D eigenvalue weighted by Crippen LogP contribution is 2.21. The first-order valence-electron chi connectivity index (χ1n) is 5.29. The predicted octanol–water partition coefficient (Wildman–Crippen LogP) is 2.56. The van der Waals surface area contributed by atoms with E-state index in [1.54, 1.807) is 6.07 Å². The van der Waals surface area contributed by atoms with Crippen LogP contribution in [0.1, 0.15) is 25.1 Å². The van der Waals surface area contributed by atoms with Crippen LogP contribution in [-0.4, -0.2) is 15.0 Å². The van der Waals surface area contributed by atoms with Gasteiger partial charge in [-0.3, -0.25) is 0 Å². The van der Waals surface area contributed by atoms with Gasteiger partial charge in [0, 0.05) is 11.4 Å². The van der Waals surface area contributed by atoms with E-state index in [0.717, 1.165) is 17.7 Å². The molecule has 0 saturated heterocycles. The molecule has 16 heavy (non-hydrogen) atoms. The molecule has 0 aliphatic heterocycles. The van der Waals surface area contributed by atoms with Crippen LogP contribution in [0.15, 0.2) is 28.5 Å². The molecule has 0 aliphatic rings. The number of nitrogens with one attached hydrogen (secondary N) is 1. The third-order valence-corrected chi connectivity index (χ3v) is 5.27. The van der Waals surface area contributed by atoms with Gasteiger partial charge in [0.1, 0.15) is 4.21 Å². The van der Waals surface area contributed by atoms with Crippen molar-refractivity contribution in [3.8, 4) is 0 Å². The zero-order valence-electron chi connectivity index (χ0n) is 9.56. The maximum absolute atomic E-state index is 11.8. The largest absolute Gasteiger partial charge is 0.250 e. The van der Waals surface area contributed by atoms with E-state index in [1.165, 1.54) is 11.3 Å². The lowest BCUT2D eigenvalue weighted by atomic mass is 10.4. The Bertz CT molecular complexity index is 446. The van der Waals surface area contributed by atoms with Crippen molar-refractivity contribution < 1.29 is 8.42 Å². The molecule has 5 heteroatoms. The van der Waals surface area contributed by atoms with Gasteiger partial charge < -0.3 is 0 Å². The van der Waals surface area contributed by atoms with E-state index < -0.39 is 10.0 Å². The van der Waals surface area contributed by atoms with Crippen LogP contribution in [-0.2, 0) is 16.4 Å². The number of hydrogen-bond acceptors (Lipinski definition) is 3. The standard InChI is InChI=1S/C11H17NO2S2/c1-3-5-6-9-12-16(13,14)11-8-7-10(4-2)15-11/h3,5,7-8,12H,4,6,9H2,1-2H3/b5-3+. The highest BCUT2D eigenvalue weighted by molar-refractivity contribution is 7.91. The van der Waals surface area contributed by atoms with Crippen molar-refractivity contribution in [2.45, 2.75) is 30.9 Å². The van der Waals surface area contributed by atoms with Crippen molar-refractivity contribution in [3.05, 3.63) is 29.2 Å². The Labute approximate surface area is 101 Å². The monoisotopic (exact) mass is 259 g/mol.